The van der Waals surface area contributed by atoms with Crippen molar-refractivity contribution < 1.29 is 9.21 Å². The van der Waals surface area contributed by atoms with Gasteiger partial charge in [-0.2, -0.15) is 0 Å². The van der Waals surface area contributed by atoms with Crippen LogP contribution in [-0.2, 0) is 6.54 Å². The zero-order chi connectivity index (χ0) is 14.8. The molecule has 0 aliphatic carbocycles. The molecule has 0 aliphatic heterocycles. The second-order valence-electron chi connectivity index (χ2n) is 4.67. The number of amides is 1. The fourth-order valence-electron chi connectivity index (χ4n) is 2.19. The summed E-state index contributed by atoms with van der Waals surface area (Å²) in [6.07, 6.45) is 1.73. The van der Waals surface area contributed by atoms with Gasteiger partial charge in [-0.3, -0.25) is 4.79 Å². The highest BCUT2D eigenvalue weighted by Gasteiger charge is 2.08. The first-order chi connectivity index (χ1) is 10.1. The number of halogens is 1. The second-order valence-corrected chi connectivity index (χ2v) is 5.08. The van der Waals surface area contributed by atoms with Crippen molar-refractivity contribution in [2.24, 2.45) is 5.73 Å². The third kappa shape index (κ3) is 2.71. The van der Waals surface area contributed by atoms with Gasteiger partial charge < -0.3 is 15.5 Å². The lowest BCUT2D eigenvalue weighted by Crippen LogP contribution is -2.11. The molecule has 0 bridgehead atoms. The maximum Gasteiger partial charge on any atom is 0.250 e. The molecule has 0 spiro atoms. The van der Waals surface area contributed by atoms with Crippen LogP contribution in [-0.4, -0.2) is 5.91 Å². The first kappa shape index (κ1) is 13.5. The summed E-state index contributed by atoms with van der Waals surface area (Å²) in [6.45, 7) is 0.600. The van der Waals surface area contributed by atoms with Gasteiger partial charge in [-0.05, 0) is 24.3 Å². The Morgan fingerprint density at radius 2 is 2.05 bits per heavy atom. The number of furan rings is 1. The number of para-hydroxylation sites is 1. The van der Waals surface area contributed by atoms with Crippen LogP contribution in [0.1, 0.15) is 15.9 Å². The van der Waals surface area contributed by atoms with Gasteiger partial charge in [0, 0.05) is 23.2 Å². The molecule has 106 valence electrons. The first-order valence-corrected chi connectivity index (χ1v) is 6.81. The van der Waals surface area contributed by atoms with Crippen molar-refractivity contribution in [1.29, 1.82) is 0 Å². The molecule has 2 aromatic carbocycles. The van der Waals surface area contributed by atoms with Gasteiger partial charge in [-0.15, -0.1) is 0 Å². The quantitative estimate of drug-likeness (QED) is 0.770. The predicted octanol–water partition coefficient (Wildman–Crippen LogP) is 3.80. The number of primary amides is 1. The van der Waals surface area contributed by atoms with Gasteiger partial charge >= 0.3 is 0 Å². The second kappa shape index (κ2) is 5.50. The number of hydrogen-bond donors (Lipinski definition) is 2. The van der Waals surface area contributed by atoms with Gasteiger partial charge in [0.1, 0.15) is 5.58 Å². The van der Waals surface area contributed by atoms with Crippen LogP contribution < -0.4 is 11.1 Å². The largest absolute Gasteiger partial charge is 0.464 e. The summed E-state index contributed by atoms with van der Waals surface area (Å²) in [5.41, 5.74) is 8.27. The Hall–Kier alpha value is -2.46. The van der Waals surface area contributed by atoms with Crippen LogP contribution in [0.2, 0.25) is 5.02 Å². The lowest BCUT2D eigenvalue weighted by atomic mass is 10.1. The Morgan fingerprint density at radius 1 is 1.24 bits per heavy atom. The summed E-state index contributed by atoms with van der Waals surface area (Å²) in [4.78, 5) is 11.1. The normalized spacial score (nSPS) is 10.7. The summed E-state index contributed by atoms with van der Waals surface area (Å²) in [6, 6.07) is 12.9. The molecular weight excluding hydrogens is 288 g/mol. The van der Waals surface area contributed by atoms with Gasteiger partial charge in [0.2, 0.25) is 5.91 Å². The van der Waals surface area contributed by atoms with Crippen LogP contribution in [0.25, 0.3) is 11.0 Å². The summed E-state index contributed by atoms with van der Waals surface area (Å²) in [5.74, 6) is -0.535. The molecule has 0 saturated heterocycles. The molecule has 0 fully saturated rings. The number of nitrogens with two attached hydrogens (primary N) is 1. The van der Waals surface area contributed by atoms with Crippen LogP contribution in [0.5, 0.6) is 0 Å². The summed E-state index contributed by atoms with van der Waals surface area (Å²) in [5, 5.41) is 4.66. The van der Waals surface area contributed by atoms with Crippen molar-refractivity contribution in [3.63, 3.8) is 0 Å². The van der Waals surface area contributed by atoms with E-state index in [1.807, 2.05) is 24.3 Å². The molecule has 1 amide bonds. The third-order valence-corrected chi connectivity index (χ3v) is 3.59. The number of rotatable bonds is 4. The molecule has 3 N–H and O–H groups in total. The Kier molecular flexibility index (Phi) is 3.54. The van der Waals surface area contributed by atoms with Gasteiger partial charge in [0.05, 0.1) is 16.8 Å². The number of nitrogens with one attached hydrogen (secondary N) is 1. The monoisotopic (exact) mass is 300 g/mol. The average Bonchev–Trinajstić information content (AvgIpc) is 2.88. The van der Waals surface area contributed by atoms with E-state index in [4.69, 9.17) is 21.8 Å². The van der Waals surface area contributed by atoms with Crippen LogP contribution in [0.3, 0.4) is 0 Å². The van der Waals surface area contributed by atoms with Crippen molar-refractivity contribution >= 4 is 34.2 Å². The highest BCUT2D eigenvalue weighted by atomic mass is 35.5. The van der Waals surface area contributed by atoms with Crippen molar-refractivity contribution in [3.8, 4) is 0 Å². The molecule has 21 heavy (non-hydrogen) atoms. The number of hydrogen-bond acceptors (Lipinski definition) is 3. The standard InChI is InChI=1S/C16H13ClN2O2/c17-14-7-11(5-6-13(14)16(18)20)19-8-10-9-21-15-4-2-1-3-12(10)15/h1-7,9,19H,8H2,(H2,18,20). The number of anilines is 1. The van der Waals surface area contributed by atoms with E-state index >= 15 is 0 Å². The summed E-state index contributed by atoms with van der Waals surface area (Å²) < 4.78 is 5.48. The van der Waals surface area contributed by atoms with Gasteiger partial charge in [-0.25, -0.2) is 0 Å². The van der Waals surface area contributed by atoms with E-state index in [-0.39, 0.29) is 0 Å². The maximum atomic E-state index is 11.1. The van der Waals surface area contributed by atoms with Crippen LogP contribution in [0.15, 0.2) is 53.1 Å². The molecule has 5 heteroatoms. The number of carbonyl (C=O) groups is 1. The molecule has 0 radical (unpaired) electrons. The first-order valence-electron chi connectivity index (χ1n) is 6.43. The fourth-order valence-corrected chi connectivity index (χ4v) is 2.47. The summed E-state index contributed by atoms with van der Waals surface area (Å²) >= 11 is 6.02. The summed E-state index contributed by atoms with van der Waals surface area (Å²) in [7, 11) is 0. The smallest absolute Gasteiger partial charge is 0.250 e. The topological polar surface area (TPSA) is 68.3 Å². The van der Waals surface area contributed by atoms with Crippen LogP contribution >= 0.6 is 11.6 Å². The average molecular weight is 301 g/mol. The van der Waals surface area contributed by atoms with Crippen molar-refractivity contribution in [2.75, 3.05) is 5.32 Å². The number of fused-ring (bicyclic) bond motifs is 1. The highest BCUT2D eigenvalue weighted by molar-refractivity contribution is 6.34. The van der Waals surface area contributed by atoms with E-state index in [9.17, 15) is 4.79 Å². The Morgan fingerprint density at radius 3 is 2.81 bits per heavy atom. The molecule has 4 nitrogen and oxygen atoms in total. The van der Waals surface area contributed by atoms with Gasteiger partial charge in [-0.1, -0.05) is 29.8 Å². The Labute approximate surface area is 126 Å². The molecule has 1 heterocycles. The molecular formula is C16H13ClN2O2. The minimum Gasteiger partial charge on any atom is -0.464 e. The Balaban J connectivity index is 1.79. The Bertz CT molecular complexity index is 811. The number of benzene rings is 2. The van der Waals surface area contributed by atoms with Crippen LogP contribution in [0, 0.1) is 0 Å². The molecule has 0 aliphatic rings. The maximum absolute atomic E-state index is 11.1. The van der Waals surface area contributed by atoms with Gasteiger partial charge in [0.25, 0.3) is 0 Å². The van der Waals surface area contributed by atoms with E-state index < -0.39 is 5.91 Å². The SMILES string of the molecule is NC(=O)c1ccc(NCc2coc3ccccc23)cc1Cl. The van der Waals surface area contributed by atoms with E-state index in [0.717, 1.165) is 22.2 Å². The van der Waals surface area contributed by atoms with Crippen molar-refractivity contribution in [3.05, 3.63) is 64.9 Å². The highest BCUT2D eigenvalue weighted by Crippen LogP contribution is 2.24. The van der Waals surface area contributed by atoms with Crippen molar-refractivity contribution in [2.45, 2.75) is 6.54 Å². The molecule has 3 aromatic rings. The van der Waals surface area contributed by atoms with Crippen molar-refractivity contribution in [1.82, 2.24) is 0 Å². The van der Waals surface area contributed by atoms with E-state index in [0.29, 0.717) is 17.1 Å². The van der Waals surface area contributed by atoms with E-state index in [1.165, 1.54) is 0 Å². The van der Waals surface area contributed by atoms with Crippen LogP contribution in [0.4, 0.5) is 5.69 Å². The molecule has 3 rings (SSSR count). The predicted molar refractivity (Wildman–Crippen MR) is 83.5 cm³/mol. The molecule has 0 unspecified atom stereocenters. The lowest BCUT2D eigenvalue weighted by Gasteiger charge is -2.07. The zero-order valence-corrected chi connectivity index (χ0v) is 11.9. The molecule has 0 saturated carbocycles. The number of carbonyl (C=O) groups excluding carboxylic acids is 1. The minimum atomic E-state index is -0.535. The third-order valence-electron chi connectivity index (χ3n) is 3.28. The van der Waals surface area contributed by atoms with E-state index in [2.05, 4.69) is 5.32 Å². The zero-order valence-electron chi connectivity index (χ0n) is 11.1. The fraction of sp³-hybridized carbons (Fsp3) is 0.0625. The lowest BCUT2D eigenvalue weighted by molar-refractivity contribution is 0.100. The van der Waals surface area contributed by atoms with Gasteiger partial charge in [0.15, 0.2) is 0 Å². The minimum absolute atomic E-state index is 0.316. The molecule has 0 atom stereocenters. The molecule has 1 aromatic heterocycles. The van der Waals surface area contributed by atoms with E-state index in [1.54, 1.807) is 24.5 Å².